The van der Waals surface area contributed by atoms with Crippen LogP contribution in [0.4, 0.5) is 4.39 Å². The maximum absolute atomic E-state index is 12.7. The number of alkyl halides is 1. The lowest BCUT2D eigenvalue weighted by molar-refractivity contribution is 0.0873. The quantitative estimate of drug-likeness (QED) is 0.655. The number of hydrogen-bond donors (Lipinski definition) is 0. The van der Waals surface area contributed by atoms with Gasteiger partial charge in [0.05, 0.1) is 0 Å². The molecule has 1 atom stereocenters. The van der Waals surface area contributed by atoms with Crippen LogP contribution in [-0.4, -0.2) is 16.9 Å². The van der Waals surface area contributed by atoms with Crippen molar-refractivity contribution in [1.82, 2.24) is 4.98 Å². The van der Waals surface area contributed by atoms with Crippen LogP contribution in [0.2, 0.25) is 0 Å². The molecule has 0 aliphatic heterocycles. The predicted octanol–water partition coefficient (Wildman–Crippen LogP) is 2.07. The van der Waals surface area contributed by atoms with E-state index in [1.807, 2.05) is 0 Å². The fourth-order valence-corrected chi connectivity index (χ4v) is 1.28. The number of aromatic nitrogens is 1. The predicted molar refractivity (Wildman–Crippen MR) is 41.6 cm³/mol. The van der Waals surface area contributed by atoms with Crippen molar-refractivity contribution in [3.63, 3.8) is 0 Å². The third-order valence-corrected chi connectivity index (χ3v) is 2.07. The summed E-state index contributed by atoms with van der Waals surface area (Å²) in [6.45, 7) is 1.64. The van der Waals surface area contributed by atoms with E-state index >= 15 is 0 Å². The van der Waals surface area contributed by atoms with Crippen LogP contribution in [0.5, 0.6) is 0 Å². The summed E-state index contributed by atoms with van der Waals surface area (Å²) in [6.07, 6.45) is 0.333. The fourth-order valence-electron chi connectivity index (χ4n) is 0.665. The standard InChI is InChI=1S/C7H8FNOS/c1-2-5(8)6(10)7-9-3-4-11-7/h3-5H,2H2,1H3. The van der Waals surface area contributed by atoms with Gasteiger partial charge in [0.1, 0.15) is 0 Å². The number of carbonyl (C=O) groups excluding carboxylic acids is 1. The van der Waals surface area contributed by atoms with E-state index in [1.165, 1.54) is 17.5 Å². The Hall–Kier alpha value is -0.770. The number of thiazole rings is 1. The molecule has 4 heteroatoms. The first kappa shape index (κ1) is 8.33. The van der Waals surface area contributed by atoms with E-state index in [2.05, 4.69) is 4.98 Å². The largest absolute Gasteiger partial charge is 0.288 e. The number of halogens is 1. The van der Waals surface area contributed by atoms with Crippen LogP contribution in [-0.2, 0) is 0 Å². The minimum absolute atomic E-state index is 0.221. The van der Waals surface area contributed by atoms with Gasteiger partial charge in [0.15, 0.2) is 11.2 Å². The van der Waals surface area contributed by atoms with Gasteiger partial charge in [-0.15, -0.1) is 11.3 Å². The molecule has 0 radical (unpaired) electrons. The van der Waals surface area contributed by atoms with Crippen molar-refractivity contribution in [2.24, 2.45) is 0 Å². The zero-order valence-corrected chi connectivity index (χ0v) is 6.90. The van der Waals surface area contributed by atoms with E-state index in [1.54, 1.807) is 12.3 Å². The van der Waals surface area contributed by atoms with Crippen LogP contribution in [0, 0.1) is 0 Å². The van der Waals surface area contributed by atoms with Gasteiger partial charge in [0.25, 0.3) is 0 Å². The highest BCUT2D eigenvalue weighted by Crippen LogP contribution is 2.11. The Kier molecular flexibility index (Phi) is 2.70. The van der Waals surface area contributed by atoms with Crippen molar-refractivity contribution in [2.75, 3.05) is 0 Å². The molecule has 1 rings (SSSR count). The van der Waals surface area contributed by atoms with Gasteiger partial charge in [0.2, 0.25) is 5.78 Å². The lowest BCUT2D eigenvalue weighted by Crippen LogP contribution is -2.13. The van der Waals surface area contributed by atoms with Gasteiger partial charge in [-0.1, -0.05) is 6.92 Å². The minimum atomic E-state index is -1.39. The van der Waals surface area contributed by atoms with Gasteiger partial charge in [0, 0.05) is 11.6 Å². The second kappa shape index (κ2) is 3.57. The van der Waals surface area contributed by atoms with Gasteiger partial charge in [-0.25, -0.2) is 9.37 Å². The van der Waals surface area contributed by atoms with Crippen LogP contribution in [0.3, 0.4) is 0 Å². The normalized spacial score (nSPS) is 12.9. The molecule has 0 saturated carbocycles. The molecule has 1 aromatic rings. The lowest BCUT2D eigenvalue weighted by Gasteiger charge is -1.98. The Balaban J connectivity index is 2.70. The van der Waals surface area contributed by atoms with Crippen LogP contribution in [0.1, 0.15) is 23.1 Å². The van der Waals surface area contributed by atoms with Gasteiger partial charge >= 0.3 is 0 Å². The van der Waals surface area contributed by atoms with Crippen LogP contribution in [0.15, 0.2) is 11.6 Å². The van der Waals surface area contributed by atoms with E-state index in [0.29, 0.717) is 0 Å². The number of hydrogen-bond acceptors (Lipinski definition) is 3. The van der Waals surface area contributed by atoms with E-state index in [-0.39, 0.29) is 11.4 Å². The maximum atomic E-state index is 12.7. The van der Waals surface area contributed by atoms with Crippen molar-refractivity contribution in [3.8, 4) is 0 Å². The van der Waals surface area contributed by atoms with E-state index in [9.17, 15) is 9.18 Å². The molecule has 2 nitrogen and oxygen atoms in total. The Morgan fingerprint density at radius 3 is 3.09 bits per heavy atom. The minimum Gasteiger partial charge on any atom is -0.288 e. The fraction of sp³-hybridized carbons (Fsp3) is 0.429. The first-order valence-electron chi connectivity index (χ1n) is 3.33. The van der Waals surface area contributed by atoms with Gasteiger partial charge in [-0.3, -0.25) is 4.79 Å². The summed E-state index contributed by atoms with van der Waals surface area (Å²) < 4.78 is 12.7. The second-order valence-corrected chi connectivity index (χ2v) is 2.97. The molecular weight excluding hydrogens is 165 g/mol. The topological polar surface area (TPSA) is 30.0 Å². The van der Waals surface area contributed by atoms with E-state index in [0.717, 1.165) is 0 Å². The zero-order valence-electron chi connectivity index (χ0n) is 6.08. The molecule has 0 aliphatic carbocycles. The Morgan fingerprint density at radius 2 is 2.64 bits per heavy atom. The number of rotatable bonds is 3. The monoisotopic (exact) mass is 173 g/mol. The molecule has 60 valence electrons. The Labute approximate surface area is 68.1 Å². The van der Waals surface area contributed by atoms with Crippen molar-refractivity contribution in [1.29, 1.82) is 0 Å². The highest BCUT2D eigenvalue weighted by atomic mass is 32.1. The second-order valence-electron chi connectivity index (χ2n) is 2.08. The molecule has 11 heavy (non-hydrogen) atoms. The van der Waals surface area contributed by atoms with Crippen molar-refractivity contribution < 1.29 is 9.18 Å². The van der Waals surface area contributed by atoms with E-state index < -0.39 is 12.0 Å². The van der Waals surface area contributed by atoms with Crippen molar-refractivity contribution in [3.05, 3.63) is 16.6 Å². The molecule has 0 spiro atoms. The highest BCUT2D eigenvalue weighted by Gasteiger charge is 2.18. The number of Topliss-reactive ketones (excluding diaryl/α,β-unsaturated/α-hetero) is 1. The highest BCUT2D eigenvalue weighted by molar-refractivity contribution is 7.11. The first-order valence-corrected chi connectivity index (χ1v) is 4.21. The van der Waals surface area contributed by atoms with Crippen LogP contribution >= 0.6 is 11.3 Å². The molecule has 0 saturated heterocycles. The molecule has 0 aromatic carbocycles. The van der Waals surface area contributed by atoms with E-state index in [4.69, 9.17) is 0 Å². The molecule has 1 heterocycles. The SMILES string of the molecule is CCC(F)C(=O)c1nccs1. The molecule has 0 N–H and O–H groups in total. The Morgan fingerprint density at radius 1 is 1.91 bits per heavy atom. The molecule has 0 fully saturated rings. The van der Waals surface area contributed by atoms with Crippen LogP contribution in [0.25, 0.3) is 0 Å². The number of nitrogens with zero attached hydrogens (tertiary/aromatic N) is 1. The summed E-state index contributed by atoms with van der Waals surface area (Å²) in [5, 5.41) is 1.93. The third-order valence-electron chi connectivity index (χ3n) is 1.29. The number of ketones is 1. The van der Waals surface area contributed by atoms with Crippen molar-refractivity contribution >= 4 is 17.1 Å². The summed E-state index contributed by atoms with van der Waals surface area (Å²) in [6, 6.07) is 0. The maximum Gasteiger partial charge on any atom is 0.225 e. The molecule has 0 amide bonds. The zero-order chi connectivity index (χ0) is 8.27. The van der Waals surface area contributed by atoms with Gasteiger partial charge in [-0.05, 0) is 6.42 Å². The lowest BCUT2D eigenvalue weighted by atomic mass is 10.2. The molecule has 0 aliphatic rings. The summed E-state index contributed by atoms with van der Waals surface area (Å²) in [7, 11) is 0. The summed E-state index contributed by atoms with van der Waals surface area (Å²) >= 11 is 1.17. The first-order chi connectivity index (χ1) is 5.25. The van der Waals surface area contributed by atoms with Crippen LogP contribution < -0.4 is 0 Å². The van der Waals surface area contributed by atoms with Gasteiger partial charge < -0.3 is 0 Å². The molecule has 0 bridgehead atoms. The smallest absolute Gasteiger partial charge is 0.225 e. The van der Waals surface area contributed by atoms with Gasteiger partial charge in [-0.2, -0.15) is 0 Å². The third kappa shape index (κ3) is 1.83. The summed E-state index contributed by atoms with van der Waals surface area (Å²) in [5.41, 5.74) is 0. The summed E-state index contributed by atoms with van der Waals surface area (Å²) in [5.74, 6) is -0.498. The van der Waals surface area contributed by atoms with Crippen molar-refractivity contribution in [2.45, 2.75) is 19.5 Å². The Bertz CT molecular complexity index is 235. The average Bonchev–Trinajstić information content (AvgIpc) is 2.53. The molecular formula is C7H8FNOS. The number of carbonyl (C=O) groups is 1. The molecule has 1 unspecified atom stereocenters. The molecule has 1 aromatic heterocycles. The average molecular weight is 173 g/mol. The summed E-state index contributed by atoms with van der Waals surface area (Å²) in [4.78, 5) is 14.7.